The van der Waals surface area contributed by atoms with Gasteiger partial charge in [-0.15, -0.1) is 11.3 Å². The summed E-state index contributed by atoms with van der Waals surface area (Å²) in [4.78, 5) is 5.75. The summed E-state index contributed by atoms with van der Waals surface area (Å²) in [6, 6.07) is 4.64. The highest BCUT2D eigenvalue weighted by atomic mass is 35.5. The normalized spacial score (nSPS) is 13.3. The Balaban J connectivity index is 2.29. The molecule has 21 heavy (non-hydrogen) atoms. The molecule has 1 heterocycles. The fraction of sp³-hybridized carbons (Fsp3) is 0.438. The minimum atomic E-state index is -0.340. The molecule has 0 bridgehead atoms. The van der Waals surface area contributed by atoms with Gasteiger partial charge in [-0.3, -0.25) is 0 Å². The van der Waals surface area contributed by atoms with Gasteiger partial charge >= 0.3 is 0 Å². The van der Waals surface area contributed by atoms with E-state index in [9.17, 15) is 4.39 Å². The van der Waals surface area contributed by atoms with E-state index in [4.69, 9.17) is 11.6 Å². The minimum absolute atomic E-state index is 0.0169. The van der Waals surface area contributed by atoms with Crippen molar-refractivity contribution < 1.29 is 4.39 Å². The Morgan fingerprint density at radius 2 is 2.00 bits per heavy atom. The van der Waals surface area contributed by atoms with E-state index >= 15 is 0 Å². The van der Waals surface area contributed by atoms with Crippen LogP contribution < -0.4 is 5.32 Å². The molecule has 114 valence electrons. The monoisotopic (exact) mass is 326 g/mol. The predicted molar refractivity (Wildman–Crippen MR) is 89.0 cm³/mol. The van der Waals surface area contributed by atoms with Gasteiger partial charge in [-0.05, 0) is 26.0 Å². The lowest BCUT2D eigenvalue weighted by Gasteiger charge is -2.16. The van der Waals surface area contributed by atoms with Crippen LogP contribution in [0.3, 0.4) is 0 Å². The van der Waals surface area contributed by atoms with Gasteiger partial charge < -0.3 is 5.32 Å². The summed E-state index contributed by atoms with van der Waals surface area (Å²) in [5, 5.41) is 4.64. The largest absolute Gasteiger partial charge is 0.374 e. The molecule has 5 heteroatoms. The zero-order chi connectivity index (χ0) is 15.8. The maximum Gasteiger partial charge on any atom is 0.147 e. The fourth-order valence-electron chi connectivity index (χ4n) is 2.05. The van der Waals surface area contributed by atoms with Gasteiger partial charge in [-0.2, -0.15) is 0 Å². The van der Waals surface area contributed by atoms with Crippen molar-refractivity contribution in [3.05, 3.63) is 44.6 Å². The Hall–Kier alpha value is -1.13. The molecule has 0 spiro atoms. The number of thiazole rings is 1. The van der Waals surface area contributed by atoms with Gasteiger partial charge in [-0.1, -0.05) is 38.4 Å². The van der Waals surface area contributed by atoms with E-state index in [1.54, 1.807) is 23.5 Å². The number of aryl methyl sites for hydroxylation is 1. The van der Waals surface area contributed by atoms with Gasteiger partial charge in [0.1, 0.15) is 5.82 Å². The van der Waals surface area contributed by atoms with E-state index in [1.807, 2.05) is 13.8 Å². The summed E-state index contributed by atoms with van der Waals surface area (Å²) < 4.78 is 13.9. The maximum absolute atomic E-state index is 13.9. The number of anilines is 1. The number of para-hydroxylation sites is 1. The molecule has 0 aliphatic carbocycles. The molecule has 1 atom stereocenters. The molecule has 0 aliphatic heterocycles. The van der Waals surface area contributed by atoms with E-state index < -0.39 is 0 Å². The zero-order valence-electron chi connectivity index (χ0n) is 12.9. The van der Waals surface area contributed by atoms with Crippen LogP contribution in [-0.4, -0.2) is 4.98 Å². The molecule has 0 aliphatic rings. The summed E-state index contributed by atoms with van der Waals surface area (Å²) >= 11 is 7.73. The fourth-order valence-corrected chi connectivity index (χ4v) is 3.39. The molecule has 1 unspecified atom stereocenters. The molecule has 2 nitrogen and oxygen atoms in total. The summed E-state index contributed by atoms with van der Waals surface area (Å²) in [6.45, 7) is 10.4. The van der Waals surface area contributed by atoms with Crippen LogP contribution in [0.15, 0.2) is 18.2 Å². The van der Waals surface area contributed by atoms with Gasteiger partial charge in [0.05, 0.1) is 27.5 Å². The van der Waals surface area contributed by atoms with Gasteiger partial charge in [0.2, 0.25) is 0 Å². The van der Waals surface area contributed by atoms with Gasteiger partial charge in [0.15, 0.2) is 0 Å². The molecular formula is C16H20ClFN2S. The highest BCUT2D eigenvalue weighted by molar-refractivity contribution is 7.12. The number of halogens is 2. The first-order valence-corrected chi connectivity index (χ1v) is 8.08. The molecule has 1 aromatic heterocycles. The number of nitrogens with one attached hydrogen (secondary N) is 1. The van der Waals surface area contributed by atoms with E-state index in [0.717, 1.165) is 15.6 Å². The average molecular weight is 327 g/mol. The zero-order valence-corrected chi connectivity index (χ0v) is 14.5. The number of aromatic nitrogens is 1. The topological polar surface area (TPSA) is 24.9 Å². The molecule has 2 rings (SSSR count). The first-order chi connectivity index (χ1) is 9.70. The maximum atomic E-state index is 13.9. The first kappa shape index (κ1) is 16.2. The Morgan fingerprint density at radius 1 is 1.33 bits per heavy atom. The molecule has 0 fully saturated rings. The van der Waals surface area contributed by atoms with Crippen LogP contribution in [0, 0.1) is 12.7 Å². The molecule has 1 aromatic carbocycles. The van der Waals surface area contributed by atoms with Crippen molar-refractivity contribution in [2.75, 3.05) is 5.32 Å². The van der Waals surface area contributed by atoms with E-state index in [0.29, 0.717) is 10.7 Å². The van der Waals surface area contributed by atoms with E-state index in [1.165, 1.54) is 6.07 Å². The van der Waals surface area contributed by atoms with Crippen LogP contribution in [0.4, 0.5) is 10.1 Å². The van der Waals surface area contributed by atoms with Crippen molar-refractivity contribution in [1.82, 2.24) is 4.98 Å². The van der Waals surface area contributed by atoms with Gasteiger partial charge in [0, 0.05) is 10.3 Å². The van der Waals surface area contributed by atoms with E-state index in [-0.39, 0.29) is 17.3 Å². The number of nitrogens with zero attached hydrogens (tertiary/aromatic N) is 1. The third-order valence-corrected chi connectivity index (χ3v) is 5.27. The lowest BCUT2D eigenvalue weighted by molar-refractivity contribution is 0.584. The standard InChI is InChI=1S/C16H20ClFN2S/c1-9(19-13-11(17)7-6-8-12(13)18)14-10(2)20-15(21-14)16(3,4)5/h6-9,19H,1-5H3. The van der Waals surface area contributed by atoms with Crippen molar-refractivity contribution >= 4 is 28.6 Å². The Labute approximate surface area is 134 Å². The number of hydrogen-bond acceptors (Lipinski definition) is 3. The average Bonchev–Trinajstić information content (AvgIpc) is 2.76. The van der Waals surface area contributed by atoms with Crippen molar-refractivity contribution in [2.24, 2.45) is 0 Å². The molecular weight excluding hydrogens is 307 g/mol. The second-order valence-corrected chi connectivity index (χ2v) is 7.62. The lowest BCUT2D eigenvalue weighted by Crippen LogP contribution is -2.10. The third-order valence-electron chi connectivity index (χ3n) is 3.19. The number of hydrogen-bond donors (Lipinski definition) is 1. The predicted octanol–water partition coefficient (Wildman–Crippen LogP) is 5.71. The SMILES string of the molecule is Cc1nc(C(C)(C)C)sc1C(C)Nc1c(F)cccc1Cl. The van der Waals surface area contributed by atoms with Crippen LogP contribution >= 0.6 is 22.9 Å². The van der Waals surface area contributed by atoms with Crippen molar-refractivity contribution in [2.45, 2.75) is 46.1 Å². The minimum Gasteiger partial charge on any atom is -0.374 e. The summed E-state index contributed by atoms with van der Waals surface area (Å²) in [6.07, 6.45) is 0. The lowest BCUT2D eigenvalue weighted by atomic mass is 9.98. The molecule has 2 aromatic rings. The van der Waals surface area contributed by atoms with Crippen LogP contribution in [-0.2, 0) is 5.41 Å². The molecule has 0 amide bonds. The van der Waals surface area contributed by atoms with E-state index in [2.05, 4.69) is 31.1 Å². The Bertz CT molecular complexity index is 626. The van der Waals surface area contributed by atoms with Gasteiger partial charge in [0.25, 0.3) is 0 Å². The summed E-state index contributed by atoms with van der Waals surface area (Å²) in [5.41, 5.74) is 1.34. The molecule has 0 saturated carbocycles. The van der Waals surface area contributed by atoms with Crippen LogP contribution in [0.25, 0.3) is 0 Å². The summed E-state index contributed by atoms with van der Waals surface area (Å²) in [5.74, 6) is -0.340. The third kappa shape index (κ3) is 3.55. The molecule has 0 saturated heterocycles. The smallest absolute Gasteiger partial charge is 0.147 e. The van der Waals surface area contributed by atoms with Crippen LogP contribution in [0.5, 0.6) is 0 Å². The second-order valence-electron chi connectivity index (χ2n) is 6.18. The Morgan fingerprint density at radius 3 is 2.52 bits per heavy atom. The van der Waals surface area contributed by atoms with Crippen LogP contribution in [0.1, 0.15) is 49.3 Å². The van der Waals surface area contributed by atoms with Crippen molar-refractivity contribution in [3.63, 3.8) is 0 Å². The first-order valence-electron chi connectivity index (χ1n) is 6.88. The quantitative estimate of drug-likeness (QED) is 0.780. The Kier molecular flexibility index (Phi) is 4.59. The number of rotatable bonds is 3. The van der Waals surface area contributed by atoms with Gasteiger partial charge in [-0.25, -0.2) is 9.37 Å². The highest BCUT2D eigenvalue weighted by Crippen LogP contribution is 2.35. The second kappa shape index (κ2) is 5.93. The summed E-state index contributed by atoms with van der Waals surface area (Å²) in [7, 11) is 0. The molecule has 0 radical (unpaired) electrons. The van der Waals surface area contributed by atoms with Crippen LogP contribution in [0.2, 0.25) is 5.02 Å². The van der Waals surface area contributed by atoms with Crippen molar-refractivity contribution in [1.29, 1.82) is 0 Å². The number of benzene rings is 1. The van der Waals surface area contributed by atoms with Crippen molar-refractivity contribution in [3.8, 4) is 0 Å². The highest BCUT2D eigenvalue weighted by Gasteiger charge is 2.23. The molecule has 1 N–H and O–H groups in total.